The van der Waals surface area contributed by atoms with Gasteiger partial charge in [-0.15, -0.1) is 0 Å². The van der Waals surface area contributed by atoms with Crippen LogP contribution in [0.4, 0.5) is 0 Å². The Labute approximate surface area is 145 Å². The highest BCUT2D eigenvalue weighted by Crippen LogP contribution is 2.13. The van der Waals surface area contributed by atoms with E-state index in [2.05, 4.69) is 0 Å². The van der Waals surface area contributed by atoms with Crippen molar-refractivity contribution < 1.29 is 33.7 Å². The van der Waals surface area contributed by atoms with Crippen molar-refractivity contribution in [2.75, 3.05) is 26.4 Å². The van der Waals surface area contributed by atoms with E-state index in [4.69, 9.17) is 28.6 Å². The molecule has 0 aromatic carbocycles. The van der Waals surface area contributed by atoms with E-state index in [-0.39, 0.29) is 18.3 Å². The zero-order valence-electron chi connectivity index (χ0n) is 16.3. The molecule has 0 aromatic rings. The minimum Gasteiger partial charge on any atom is -0.349 e. The van der Waals surface area contributed by atoms with Gasteiger partial charge in [-0.1, -0.05) is 0 Å². The van der Waals surface area contributed by atoms with Crippen LogP contribution < -0.4 is 0 Å². The Kier molecular flexibility index (Phi) is 10.4. The predicted octanol–water partition coefficient (Wildman–Crippen LogP) is 2.98. The predicted molar refractivity (Wildman–Crippen MR) is 88.0 cm³/mol. The molecule has 0 saturated carbocycles. The summed E-state index contributed by atoms with van der Waals surface area (Å²) in [6.45, 7) is 15.7. The smallest absolute Gasteiger partial charge is 0.349 e. The molecule has 24 heavy (non-hydrogen) atoms. The monoisotopic (exact) mass is 352 g/mol. The standard InChI is InChI=1S/C16H34NO7/c1-9-19-13(23-15(3,4)5)11-21-17(18)22-12-14(20-10-2)24-16(6,7)8/h13-14H,9-12H2,1-8H3/q+1. The van der Waals surface area contributed by atoms with Gasteiger partial charge in [0.15, 0.2) is 12.6 Å². The van der Waals surface area contributed by atoms with Crippen LogP contribution >= 0.6 is 0 Å². The van der Waals surface area contributed by atoms with Gasteiger partial charge in [0.2, 0.25) is 13.2 Å². The molecule has 0 aliphatic heterocycles. The van der Waals surface area contributed by atoms with Crippen molar-refractivity contribution in [2.45, 2.75) is 79.2 Å². The van der Waals surface area contributed by atoms with Crippen molar-refractivity contribution >= 4 is 0 Å². The Balaban J connectivity index is 4.29. The minimum absolute atomic E-state index is 0.0239. The maximum absolute atomic E-state index is 11.6. The summed E-state index contributed by atoms with van der Waals surface area (Å²) in [5.41, 5.74) is -0.837. The highest BCUT2D eigenvalue weighted by atomic mass is 17.0. The molecule has 0 aromatic heterocycles. The molecule has 0 N–H and O–H groups in total. The van der Waals surface area contributed by atoms with Gasteiger partial charge >= 0.3 is 5.09 Å². The molecule has 0 spiro atoms. The van der Waals surface area contributed by atoms with Crippen LogP contribution in [-0.2, 0) is 28.6 Å². The average Bonchev–Trinajstić information content (AvgIpc) is 2.39. The van der Waals surface area contributed by atoms with E-state index < -0.39 is 23.8 Å². The van der Waals surface area contributed by atoms with E-state index in [1.807, 2.05) is 55.4 Å². The first-order valence-electron chi connectivity index (χ1n) is 8.28. The van der Waals surface area contributed by atoms with Gasteiger partial charge in [-0.25, -0.2) is 0 Å². The number of nitrogens with zero attached hydrogens (tertiary/aromatic N) is 1. The quantitative estimate of drug-likeness (QED) is 0.395. The fourth-order valence-electron chi connectivity index (χ4n) is 1.67. The van der Waals surface area contributed by atoms with Gasteiger partial charge in [-0.2, -0.15) is 9.68 Å². The lowest BCUT2D eigenvalue weighted by Crippen LogP contribution is -2.36. The molecule has 0 heterocycles. The van der Waals surface area contributed by atoms with E-state index in [1.165, 1.54) is 0 Å². The second kappa shape index (κ2) is 10.8. The van der Waals surface area contributed by atoms with Gasteiger partial charge in [0.25, 0.3) is 0 Å². The van der Waals surface area contributed by atoms with Crippen LogP contribution in [0.15, 0.2) is 0 Å². The summed E-state index contributed by atoms with van der Waals surface area (Å²) in [6.07, 6.45) is -1.33. The summed E-state index contributed by atoms with van der Waals surface area (Å²) in [5.74, 6) is 0. The molecular formula is C16H34NO7+. The van der Waals surface area contributed by atoms with Gasteiger partial charge in [0.1, 0.15) is 4.91 Å². The van der Waals surface area contributed by atoms with Crippen molar-refractivity contribution in [1.82, 2.24) is 0 Å². The van der Waals surface area contributed by atoms with E-state index in [0.717, 1.165) is 0 Å². The van der Waals surface area contributed by atoms with Gasteiger partial charge in [0.05, 0.1) is 11.2 Å². The van der Waals surface area contributed by atoms with Crippen molar-refractivity contribution in [3.8, 4) is 0 Å². The lowest BCUT2D eigenvalue weighted by Gasteiger charge is -2.25. The van der Waals surface area contributed by atoms with Crippen LogP contribution in [0.25, 0.3) is 0 Å². The van der Waals surface area contributed by atoms with Crippen LogP contribution in [0, 0.1) is 4.91 Å². The fourth-order valence-corrected chi connectivity index (χ4v) is 1.67. The third-order valence-corrected chi connectivity index (χ3v) is 2.31. The fraction of sp³-hybridized carbons (Fsp3) is 1.00. The van der Waals surface area contributed by atoms with Crippen molar-refractivity contribution in [2.24, 2.45) is 0 Å². The highest BCUT2D eigenvalue weighted by Gasteiger charge is 2.27. The first-order valence-corrected chi connectivity index (χ1v) is 8.28. The lowest BCUT2D eigenvalue weighted by atomic mass is 10.2. The number of hydrogen-bond donors (Lipinski definition) is 0. The molecule has 0 rings (SSSR count). The Morgan fingerprint density at radius 2 is 1.08 bits per heavy atom. The highest BCUT2D eigenvalue weighted by molar-refractivity contribution is 4.61. The molecule has 2 atom stereocenters. The van der Waals surface area contributed by atoms with E-state index in [0.29, 0.717) is 13.2 Å². The van der Waals surface area contributed by atoms with Crippen LogP contribution in [-0.4, -0.2) is 55.3 Å². The minimum atomic E-state index is -0.663. The molecule has 8 heteroatoms. The van der Waals surface area contributed by atoms with Gasteiger partial charge in [-0.05, 0) is 55.4 Å². The maximum atomic E-state index is 11.6. The molecule has 0 aliphatic carbocycles. The molecule has 0 amide bonds. The third-order valence-electron chi connectivity index (χ3n) is 2.31. The molecule has 0 bridgehead atoms. The molecule has 144 valence electrons. The summed E-state index contributed by atoms with van der Waals surface area (Å²) in [6, 6.07) is 0. The summed E-state index contributed by atoms with van der Waals surface area (Å²) < 4.78 is 22.0. The number of rotatable bonds is 12. The van der Waals surface area contributed by atoms with Crippen LogP contribution in [0.1, 0.15) is 55.4 Å². The summed E-state index contributed by atoms with van der Waals surface area (Å²) in [4.78, 5) is 21.6. The Morgan fingerprint density at radius 1 is 0.750 bits per heavy atom. The first kappa shape index (κ1) is 23.0. The van der Waals surface area contributed by atoms with Crippen LogP contribution in [0.3, 0.4) is 0 Å². The first-order chi connectivity index (χ1) is 11.0. The van der Waals surface area contributed by atoms with E-state index in [9.17, 15) is 4.91 Å². The number of ether oxygens (including phenoxy) is 4. The van der Waals surface area contributed by atoms with Gasteiger partial charge in [0, 0.05) is 13.2 Å². The number of hydrogen-bond acceptors (Lipinski definition) is 7. The van der Waals surface area contributed by atoms with E-state index in [1.54, 1.807) is 0 Å². The molecule has 0 radical (unpaired) electrons. The topological polar surface area (TPSA) is 75.5 Å². The molecular weight excluding hydrogens is 318 g/mol. The summed E-state index contributed by atoms with van der Waals surface area (Å²) in [5, 5.41) is 0.0239. The summed E-state index contributed by atoms with van der Waals surface area (Å²) in [7, 11) is 0. The second-order valence-corrected chi connectivity index (χ2v) is 7.05. The Bertz CT molecular complexity index is 317. The normalized spacial score (nSPS) is 15.0. The van der Waals surface area contributed by atoms with Gasteiger partial charge < -0.3 is 18.9 Å². The van der Waals surface area contributed by atoms with Crippen molar-refractivity contribution in [1.29, 1.82) is 0 Å². The largest absolute Gasteiger partial charge is 0.477 e. The van der Waals surface area contributed by atoms with Crippen molar-refractivity contribution in [3.63, 3.8) is 0 Å². The zero-order valence-corrected chi connectivity index (χ0v) is 16.3. The molecule has 0 aliphatic rings. The van der Waals surface area contributed by atoms with Crippen LogP contribution in [0.2, 0.25) is 0 Å². The third kappa shape index (κ3) is 13.5. The van der Waals surface area contributed by atoms with E-state index >= 15 is 0 Å². The maximum Gasteiger partial charge on any atom is 0.477 e. The second-order valence-electron chi connectivity index (χ2n) is 7.05. The Hall–Kier alpha value is -0.960. The SMILES string of the molecule is CCOC(CO[N+](=O)OCC(OCC)OC(C)(C)C)OC(C)(C)C. The lowest BCUT2D eigenvalue weighted by molar-refractivity contribution is -0.983. The van der Waals surface area contributed by atoms with Gasteiger partial charge in [-0.3, -0.25) is 0 Å². The molecule has 0 saturated heterocycles. The molecule has 2 unspecified atom stereocenters. The Morgan fingerprint density at radius 3 is 1.33 bits per heavy atom. The average molecular weight is 352 g/mol. The summed E-state index contributed by atoms with van der Waals surface area (Å²) >= 11 is 0. The zero-order chi connectivity index (χ0) is 18.8. The van der Waals surface area contributed by atoms with Crippen molar-refractivity contribution in [3.05, 3.63) is 4.91 Å². The van der Waals surface area contributed by atoms with Crippen LogP contribution in [0.5, 0.6) is 0 Å². The molecule has 0 fully saturated rings. The molecule has 8 nitrogen and oxygen atoms in total.